The Kier molecular flexibility index (Phi) is 8.62. The van der Waals surface area contributed by atoms with Gasteiger partial charge >= 0.3 is 0 Å². The lowest BCUT2D eigenvalue weighted by Gasteiger charge is -2.15. The zero-order chi connectivity index (χ0) is 19.8. The minimum atomic E-state index is -1.51. The largest absolute Gasteiger partial charge is 0.249 e. The van der Waals surface area contributed by atoms with Gasteiger partial charge in [-0.25, -0.2) is 13.0 Å². The van der Waals surface area contributed by atoms with E-state index >= 15 is 0 Å². The SMILES string of the molecule is CCCC(CCC)CCCc1cc(S(=O)c2ccc(F)c(F)c2)ccc1C. The van der Waals surface area contributed by atoms with Crippen LogP contribution < -0.4 is 0 Å². The Labute approximate surface area is 164 Å². The maximum absolute atomic E-state index is 13.5. The van der Waals surface area contributed by atoms with Gasteiger partial charge in [-0.2, -0.15) is 0 Å². The molecule has 4 heteroatoms. The minimum absolute atomic E-state index is 0.287. The molecule has 0 aliphatic heterocycles. The molecule has 0 saturated heterocycles. The Balaban J connectivity index is 2.08. The lowest BCUT2D eigenvalue weighted by molar-refractivity contribution is 0.400. The summed E-state index contributed by atoms with van der Waals surface area (Å²) in [5, 5.41) is 0. The van der Waals surface area contributed by atoms with Crippen LogP contribution >= 0.6 is 0 Å². The van der Waals surface area contributed by atoms with E-state index in [2.05, 4.69) is 20.8 Å². The van der Waals surface area contributed by atoms with Gasteiger partial charge in [0.2, 0.25) is 0 Å². The average molecular weight is 393 g/mol. The molecule has 0 amide bonds. The monoisotopic (exact) mass is 392 g/mol. The van der Waals surface area contributed by atoms with Crippen LogP contribution in [-0.2, 0) is 17.2 Å². The van der Waals surface area contributed by atoms with Crippen LogP contribution in [0.2, 0.25) is 0 Å². The molecule has 0 radical (unpaired) electrons. The molecular weight excluding hydrogens is 362 g/mol. The second-order valence-corrected chi connectivity index (χ2v) is 8.75. The second-order valence-electron chi connectivity index (χ2n) is 7.27. The third kappa shape index (κ3) is 6.24. The summed E-state index contributed by atoms with van der Waals surface area (Å²) in [4.78, 5) is 0.926. The van der Waals surface area contributed by atoms with Gasteiger partial charge in [0, 0.05) is 9.79 Å². The molecule has 0 saturated carbocycles. The van der Waals surface area contributed by atoms with E-state index in [0.717, 1.165) is 30.9 Å². The van der Waals surface area contributed by atoms with Crippen molar-refractivity contribution in [2.24, 2.45) is 5.92 Å². The molecule has 0 aliphatic rings. The summed E-state index contributed by atoms with van der Waals surface area (Å²) in [6.45, 7) is 6.54. The van der Waals surface area contributed by atoms with Crippen LogP contribution in [0.1, 0.15) is 63.5 Å². The lowest BCUT2D eigenvalue weighted by atomic mass is 9.91. The van der Waals surface area contributed by atoms with E-state index < -0.39 is 22.4 Å². The number of benzene rings is 2. The summed E-state index contributed by atoms with van der Waals surface area (Å²) in [7, 11) is -1.51. The van der Waals surface area contributed by atoms with Gasteiger partial charge in [-0.15, -0.1) is 0 Å². The van der Waals surface area contributed by atoms with Crippen LogP contribution in [0.25, 0.3) is 0 Å². The first-order valence-electron chi connectivity index (χ1n) is 9.92. The van der Waals surface area contributed by atoms with Crippen molar-refractivity contribution in [3.8, 4) is 0 Å². The first-order valence-corrected chi connectivity index (χ1v) is 11.1. The molecule has 0 fully saturated rings. The third-order valence-corrected chi connectivity index (χ3v) is 6.46. The van der Waals surface area contributed by atoms with Crippen molar-refractivity contribution >= 4 is 10.8 Å². The van der Waals surface area contributed by atoms with Crippen LogP contribution in [-0.4, -0.2) is 4.21 Å². The highest BCUT2D eigenvalue weighted by molar-refractivity contribution is 7.85. The smallest absolute Gasteiger partial charge is 0.160 e. The molecule has 27 heavy (non-hydrogen) atoms. The molecule has 0 spiro atoms. The Morgan fingerprint density at radius 2 is 1.52 bits per heavy atom. The fraction of sp³-hybridized carbons (Fsp3) is 0.478. The maximum Gasteiger partial charge on any atom is 0.160 e. The first-order chi connectivity index (χ1) is 13.0. The van der Waals surface area contributed by atoms with Crippen molar-refractivity contribution in [2.45, 2.75) is 75.5 Å². The van der Waals surface area contributed by atoms with E-state index in [1.807, 2.05) is 18.2 Å². The molecule has 1 atom stereocenters. The molecule has 0 heterocycles. The van der Waals surface area contributed by atoms with Crippen LogP contribution in [0.15, 0.2) is 46.2 Å². The molecule has 1 nitrogen and oxygen atoms in total. The number of halogens is 2. The predicted molar refractivity (Wildman–Crippen MR) is 108 cm³/mol. The van der Waals surface area contributed by atoms with Gasteiger partial charge in [-0.05, 0) is 67.1 Å². The topological polar surface area (TPSA) is 17.1 Å². The van der Waals surface area contributed by atoms with Crippen LogP contribution in [0.3, 0.4) is 0 Å². The summed E-state index contributed by atoms with van der Waals surface area (Å²) in [5.74, 6) is -1.10. The zero-order valence-corrected chi connectivity index (χ0v) is 17.4. The van der Waals surface area contributed by atoms with E-state index in [-0.39, 0.29) is 4.90 Å². The van der Waals surface area contributed by atoms with Gasteiger partial charge in [0.25, 0.3) is 0 Å². The molecule has 0 bridgehead atoms. The number of hydrogen-bond donors (Lipinski definition) is 0. The fourth-order valence-electron chi connectivity index (χ4n) is 3.59. The van der Waals surface area contributed by atoms with Gasteiger partial charge in [-0.1, -0.05) is 52.0 Å². The minimum Gasteiger partial charge on any atom is -0.249 e. The third-order valence-electron chi connectivity index (χ3n) is 5.09. The van der Waals surface area contributed by atoms with E-state index in [1.165, 1.54) is 49.3 Å². The molecular formula is C23H30F2OS. The Hall–Kier alpha value is -1.55. The van der Waals surface area contributed by atoms with Crippen LogP contribution in [0.5, 0.6) is 0 Å². The van der Waals surface area contributed by atoms with Gasteiger partial charge < -0.3 is 0 Å². The molecule has 1 unspecified atom stereocenters. The first kappa shape index (κ1) is 21.7. The Bertz CT molecular complexity index is 767. The van der Waals surface area contributed by atoms with Gasteiger partial charge in [0.05, 0.1) is 10.8 Å². The second kappa shape index (κ2) is 10.7. The predicted octanol–water partition coefficient (Wildman–Crippen LogP) is 6.98. The van der Waals surface area contributed by atoms with Crippen molar-refractivity contribution in [2.75, 3.05) is 0 Å². The zero-order valence-electron chi connectivity index (χ0n) is 16.6. The molecule has 0 N–H and O–H groups in total. The molecule has 148 valence electrons. The van der Waals surface area contributed by atoms with E-state index in [9.17, 15) is 13.0 Å². The standard InChI is InChI=1S/C23H30F2OS/c1-4-7-18(8-5-2)9-6-10-19-15-20(12-11-17(19)3)27(26)21-13-14-22(24)23(25)16-21/h11-16,18H,4-10H2,1-3H3. The molecule has 2 aromatic carbocycles. The lowest BCUT2D eigenvalue weighted by Crippen LogP contribution is -2.02. The van der Waals surface area contributed by atoms with Crippen LogP contribution in [0, 0.1) is 24.5 Å². The van der Waals surface area contributed by atoms with E-state index in [1.54, 1.807) is 0 Å². The van der Waals surface area contributed by atoms with E-state index in [0.29, 0.717) is 4.90 Å². The maximum atomic E-state index is 13.5. The summed E-state index contributed by atoms with van der Waals surface area (Å²) in [5.41, 5.74) is 2.37. The van der Waals surface area contributed by atoms with Crippen molar-refractivity contribution in [1.29, 1.82) is 0 Å². The summed E-state index contributed by atoms with van der Waals surface area (Å²) in [6, 6.07) is 9.17. The fourth-order valence-corrected chi connectivity index (χ4v) is 4.71. The van der Waals surface area contributed by atoms with Crippen LogP contribution in [0.4, 0.5) is 8.78 Å². The number of rotatable bonds is 10. The molecule has 0 aromatic heterocycles. The number of hydrogen-bond acceptors (Lipinski definition) is 1. The highest BCUT2D eigenvalue weighted by Crippen LogP contribution is 2.24. The normalized spacial score (nSPS) is 12.5. The Morgan fingerprint density at radius 1 is 0.889 bits per heavy atom. The van der Waals surface area contributed by atoms with Crippen molar-refractivity contribution in [1.82, 2.24) is 0 Å². The summed E-state index contributed by atoms with van der Waals surface area (Å²) < 4.78 is 39.3. The highest BCUT2D eigenvalue weighted by atomic mass is 32.2. The summed E-state index contributed by atoms with van der Waals surface area (Å²) in [6.07, 6.45) is 8.32. The molecule has 2 aromatic rings. The Morgan fingerprint density at radius 3 is 2.15 bits per heavy atom. The van der Waals surface area contributed by atoms with Crippen molar-refractivity contribution < 1.29 is 13.0 Å². The van der Waals surface area contributed by atoms with Crippen molar-refractivity contribution in [3.63, 3.8) is 0 Å². The van der Waals surface area contributed by atoms with Gasteiger partial charge in [-0.3, -0.25) is 0 Å². The summed E-state index contributed by atoms with van der Waals surface area (Å²) >= 11 is 0. The average Bonchev–Trinajstić information content (AvgIpc) is 2.65. The van der Waals surface area contributed by atoms with Gasteiger partial charge in [0.1, 0.15) is 0 Å². The quantitative estimate of drug-likeness (QED) is 0.426. The number of aryl methyl sites for hydroxylation is 2. The van der Waals surface area contributed by atoms with Crippen molar-refractivity contribution in [3.05, 3.63) is 59.2 Å². The molecule has 0 aliphatic carbocycles. The van der Waals surface area contributed by atoms with E-state index in [4.69, 9.17) is 0 Å². The molecule has 2 rings (SSSR count). The van der Waals surface area contributed by atoms with Gasteiger partial charge in [0.15, 0.2) is 11.6 Å². The highest BCUT2D eigenvalue weighted by Gasteiger charge is 2.13.